The monoisotopic (exact) mass is 475 g/mol. The average Bonchev–Trinajstić information content (AvgIpc) is 3.08. The standard InChI is InChI=1S/C31H41NO3/c33-31(34)15-9-2-1-8-14-28-29(32-22-10-3-4-11-23-32)20-21-30(28)35-24-25-16-18-27(19-17-25)26-12-6-5-7-13-26/h1-2,5-7,12-13,16-19,28-30H,3-4,8-11,14-15,20-24H2,(H,33,34)/t28-,29+,30+/m1/s1. The quantitative estimate of drug-likeness (QED) is 0.352. The van der Waals surface area contributed by atoms with Crippen molar-refractivity contribution in [2.75, 3.05) is 13.1 Å². The third-order valence-electron chi connectivity index (χ3n) is 7.71. The predicted octanol–water partition coefficient (Wildman–Crippen LogP) is 7.09. The maximum Gasteiger partial charge on any atom is 0.303 e. The highest BCUT2D eigenvalue weighted by Crippen LogP contribution is 2.37. The number of nitrogens with zero attached hydrogens (tertiary/aromatic N) is 1. The normalized spacial score (nSPS) is 23.5. The van der Waals surface area contributed by atoms with E-state index in [1.54, 1.807) is 0 Å². The lowest BCUT2D eigenvalue weighted by molar-refractivity contribution is -0.136. The molecule has 1 aliphatic carbocycles. The first kappa shape index (κ1) is 25.7. The summed E-state index contributed by atoms with van der Waals surface area (Å²) < 4.78 is 6.58. The Bertz CT molecular complexity index is 916. The highest BCUT2D eigenvalue weighted by atomic mass is 16.5. The lowest BCUT2D eigenvalue weighted by atomic mass is 9.94. The summed E-state index contributed by atoms with van der Waals surface area (Å²) in [4.78, 5) is 13.5. The zero-order valence-corrected chi connectivity index (χ0v) is 21.0. The predicted molar refractivity (Wildman–Crippen MR) is 142 cm³/mol. The van der Waals surface area contributed by atoms with Gasteiger partial charge in [0.1, 0.15) is 0 Å². The Morgan fingerprint density at radius 3 is 2.29 bits per heavy atom. The van der Waals surface area contributed by atoms with Gasteiger partial charge in [-0.05, 0) is 74.7 Å². The minimum absolute atomic E-state index is 0.213. The number of likely N-dealkylation sites (tertiary alicyclic amines) is 1. The zero-order chi connectivity index (χ0) is 24.3. The second-order valence-electron chi connectivity index (χ2n) is 10.2. The third kappa shape index (κ3) is 7.78. The van der Waals surface area contributed by atoms with Crippen LogP contribution in [0.15, 0.2) is 66.7 Å². The van der Waals surface area contributed by atoms with Crippen molar-refractivity contribution < 1.29 is 14.6 Å². The van der Waals surface area contributed by atoms with Crippen molar-refractivity contribution in [1.82, 2.24) is 4.90 Å². The van der Waals surface area contributed by atoms with Crippen LogP contribution in [0.25, 0.3) is 11.1 Å². The molecular weight excluding hydrogens is 434 g/mol. The Kier molecular flexibility index (Phi) is 9.97. The number of benzene rings is 2. The minimum Gasteiger partial charge on any atom is -0.481 e. The van der Waals surface area contributed by atoms with E-state index in [0.717, 1.165) is 19.3 Å². The Hall–Kier alpha value is -2.43. The van der Waals surface area contributed by atoms with Crippen molar-refractivity contribution in [3.63, 3.8) is 0 Å². The first-order valence-corrected chi connectivity index (χ1v) is 13.6. The first-order valence-electron chi connectivity index (χ1n) is 13.6. The van der Waals surface area contributed by atoms with Crippen LogP contribution in [0.3, 0.4) is 0 Å². The molecule has 35 heavy (non-hydrogen) atoms. The number of rotatable bonds is 11. The molecule has 188 valence electrons. The van der Waals surface area contributed by atoms with E-state index in [1.807, 2.05) is 6.08 Å². The van der Waals surface area contributed by atoms with Crippen molar-refractivity contribution in [1.29, 1.82) is 0 Å². The molecule has 1 saturated heterocycles. The number of ether oxygens (including phenoxy) is 1. The van der Waals surface area contributed by atoms with Gasteiger partial charge in [0.15, 0.2) is 0 Å². The van der Waals surface area contributed by atoms with Crippen LogP contribution in [0.5, 0.6) is 0 Å². The van der Waals surface area contributed by atoms with Crippen molar-refractivity contribution in [3.05, 3.63) is 72.3 Å². The van der Waals surface area contributed by atoms with Gasteiger partial charge in [-0.2, -0.15) is 0 Å². The largest absolute Gasteiger partial charge is 0.481 e. The number of aliphatic carboxylic acids is 1. The smallest absolute Gasteiger partial charge is 0.303 e. The van der Waals surface area contributed by atoms with Gasteiger partial charge in [-0.25, -0.2) is 0 Å². The molecule has 1 saturated carbocycles. The van der Waals surface area contributed by atoms with Crippen LogP contribution in [-0.2, 0) is 16.1 Å². The fraction of sp³-hybridized carbons (Fsp3) is 0.516. The number of allylic oxidation sites excluding steroid dienone is 2. The molecule has 0 aromatic heterocycles. The second kappa shape index (κ2) is 13.6. The van der Waals surface area contributed by atoms with Crippen LogP contribution in [0.4, 0.5) is 0 Å². The van der Waals surface area contributed by atoms with Gasteiger partial charge in [0, 0.05) is 18.4 Å². The van der Waals surface area contributed by atoms with Gasteiger partial charge in [-0.3, -0.25) is 4.79 Å². The molecule has 3 atom stereocenters. The van der Waals surface area contributed by atoms with Gasteiger partial charge >= 0.3 is 5.97 Å². The maximum atomic E-state index is 10.8. The Labute approximate surface area is 211 Å². The minimum atomic E-state index is -0.725. The highest BCUT2D eigenvalue weighted by molar-refractivity contribution is 5.66. The van der Waals surface area contributed by atoms with Crippen molar-refractivity contribution in [2.24, 2.45) is 5.92 Å². The molecule has 2 aliphatic rings. The first-order chi connectivity index (χ1) is 17.2. The summed E-state index contributed by atoms with van der Waals surface area (Å²) in [6.45, 7) is 3.12. The molecule has 4 rings (SSSR count). The van der Waals surface area contributed by atoms with E-state index in [9.17, 15) is 4.79 Å². The maximum absolute atomic E-state index is 10.8. The van der Waals surface area contributed by atoms with Gasteiger partial charge in [0.05, 0.1) is 12.7 Å². The highest BCUT2D eigenvalue weighted by Gasteiger charge is 2.39. The molecule has 1 aliphatic heterocycles. The van der Waals surface area contributed by atoms with Crippen LogP contribution >= 0.6 is 0 Å². The molecule has 2 fully saturated rings. The van der Waals surface area contributed by atoms with Gasteiger partial charge in [0.2, 0.25) is 0 Å². The van der Waals surface area contributed by atoms with Crippen LogP contribution < -0.4 is 0 Å². The number of hydrogen-bond acceptors (Lipinski definition) is 3. The number of carboxylic acids is 1. The van der Waals surface area contributed by atoms with E-state index in [-0.39, 0.29) is 6.42 Å². The van der Waals surface area contributed by atoms with E-state index in [2.05, 4.69) is 65.6 Å². The lowest BCUT2D eigenvalue weighted by Gasteiger charge is -2.34. The summed E-state index contributed by atoms with van der Waals surface area (Å²) in [5.74, 6) is -0.183. The summed E-state index contributed by atoms with van der Waals surface area (Å²) in [6, 6.07) is 19.9. The summed E-state index contributed by atoms with van der Waals surface area (Å²) >= 11 is 0. The second-order valence-corrected chi connectivity index (χ2v) is 10.2. The average molecular weight is 476 g/mol. The van der Waals surface area contributed by atoms with Crippen LogP contribution in [0.1, 0.15) is 69.8 Å². The van der Waals surface area contributed by atoms with E-state index in [4.69, 9.17) is 9.84 Å². The molecule has 0 bridgehead atoms. The third-order valence-corrected chi connectivity index (χ3v) is 7.71. The van der Waals surface area contributed by atoms with Crippen LogP contribution in [0.2, 0.25) is 0 Å². The molecule has 0 spiro atoms. The van der Waals surface area contributed by atoms with Crippen LogP contribution in [-0.4, -0.2) is 41.2 Å². The van der Waals surface area contributed by atoms with Crippen molar-refractivity contribution in [3.8, 4) is 11.1 Å². The molecule has 0 amide bonds. The van der Waals surface area contributed by atoms with Crippen LogP contribution in [0, 0.1) is 5.92 Å². The Morgan fingerprint density at radius 2 is 1.57 bits per heavy atom. The number of carboxylic acid groups (broad SMARTS) is 1. The van der Waals surface area contributed by atoms with Crippen molar-refractivity contribution >= 4 is 5.97 Å². The van der Waals surface area contributed by atoms with E-state index >= 15 is 0 Å². The van der Waals surface area contributed by atoms with E-state index in [0.29, 0.717) is 31.1 Å². The molecule has 2 aromatic carbocycles. The summed E-state index contributed by atoms with van der Waals surface area (Å²) in [7, 11) is 0. The van der Waals surface area contributed by atoms with Gasteiger partial charge < -0.3 is 14.7 Å². The molecule has 0 radical (unpaired) electrons. The Morgan fingerprint density at radius 1 is 0.886 bits per heavy atom. The molecule has 0 unspecified atom stereocenters. The molecule has 1 heterocycles. The molecule has 1 N–H and O–H groups in total. The summed E-state index contributed by atoms with van der Waals surface area (Å²) in [6.07, 6.45) is 15.2. The molecule has 2 aromatic rings. The van der Waals surface area contributed by atoms with E-state index < -0.39 is 5.97 Å². The summed E-state index contributed by atoms with van der Waals surface area (Å²) in [5.41, 5.74) is 3.71. The molecule has 4 heteroatoms. The fourth-order valence-electron chi connectivity index (χ4n) is 5.83. The van der Waals surface area contributed by atoms with Gasteiger partial charge in [-0.1, -0.05) is 79.6 Å². The number of carbonyl (C=O) groups is 1. The van der Waals surface area contributed by atoms with Gasteiger partial charge in [-0.15, -0.1) is 0 Å². The fourth-order valence-corrected chi connectivity index (χ4v) is 5.83. The number of hydrogen-bond donors (Lipinski definition) is 1. The SMILES string of the molecule is O=C(O)CCC=CCC[C@H]1[C@@H](OCc2ccc(-c3ccccc3)cc2)CC[C@@H]1N1CCCCCC1. The van der Waals surface area contributed by atoms with E-state index in [1.165, 1.54) is 61.9 Å². The van der Waals surface area contributed by atoms with Gasteiger partial charge in [0.25, 0.3) is 0 Å². The molecule has 4 nitrogen and oxygen atoms in total. The Balaban J connectivity index is 1.35. The van der Waals surface area contributed by atoms with Crippen molar-refractivity contribution in [2.45, 2.75) is 83.0 Å². The zero-order valence-electron chi connectivity index (χ0n) is 21.0. The summed E-state index contributed by atoms with van der Waals surface area (Å²) in [5, 5.41) is 8.85. The molecular formula is C31H41NO3. The topological polar surface area (TPSA) is 49.8 Å². The lowest BCUT2D eigenvalue weighted by Crippen LogP contribution is -2.41.